The average molecular weight is 284 g/mol. The molecule has 19 heavy (non-hydrogen) atoms. The van der Waals surface area contributed by atoms with Crippen molar-refractivity contribution in [3.63, 3.8) is 0 Å². The number of rotatable bonds is 1. The van der Waals surface area contributed by atoms with Crippen molar-refractivity contribution in [1.82, 2.24) is 4.98 Å². The van der Waals surface area contributed by atoms with Crippen LogP contribution in [0.1, 0.15) is 28.5 Å². The van der Waals surface area contributed by atoms with Crippen LogP contribution in [0.2, 0.25) is 0 Å². The number of thiazole rings is 1. The first-order valence-corrected chi connectivity index (χ1v) is 6.74. The zero-order valence-electron chi connectivity index (χ0n) is 9.92. The predicted octanol–water partition coefficient (Wildman–Crippen LogP) is 3.42. The Morgan fingerprint density at radius 1 is 1.16 bits per heavy atom. The lowest BCUT2D eigenvalue weighted by atomic mass is 9.85. The van der Waals surface area contributed by atoms with Gasteiger partial charge in [-0.15, -0.1) is 11.3 Å². The summed E-state index contributed by atoms with van der Waals surface area (Å²) in [5.41, 5.74) is 6.82. The summed E-state index contributed by atoms with van der Waals surface area (Å²) in [6, 6.07) is 1.58. The second-order valence-electron chi connectivity index (χ2n) is 4.65. The van der Waals surface area contributed by atoms with Crippen molar-refractivity contribution >= 4 is 16.5 Å². The van der Waals surface area contributed by atoms with Crippen LogP contribution in [0.4, 0.5) is 18.3 Å². The summed E-state index contributed by atoms with van der Waals surface area (Å²) < 4.78 is 39.9. The van der Waals surface area contributed by atoms with Crippen molar-refractivity contribution in [3.8, 4) is 0 Å². The average Bonchev–Trinajstić information content (AvgIpc) is 2.72. The molecule has 1 aliphatic carbocycles. The van der Waals surface area contributed by atoms with Gasteiger partial charge in [0, 0.05) is 10.9 Å². The lowest BCUT2D eigenvalue weighted by Crippen LogP contribution is -2.13. The molecule has 1 heterocycles. The molecule has 0 bridgehead atoms. The monoisotopic (exact) mass is 284 g/mol. The third-order valence-electron chi connectivity index (χ3n) is 3.44. The van der Waals surface area contributed by atoms with Crippen molar-refractivity contribution in [3.05, 3.63) is 45.7 Å². The molecule has 0 radical (unpaired) electrons. The van der Waals surface area contributed by atoms with Crippen LogP contribution in [0.5, 0.6) is 0 Å². The second-order valence-corrected chi connectivity index (χ2v) is 5.76. The molecule has 0 fully saturated rings. The molecule has 0 spiro atoms. The minimum absolute atomic E-state index is 0.151. The van der Waals surface area contributed by atoms with Gasteiger partial charge in [0.05, 0.1) is 5.69 Å². The Balaban J connectivity index is 1.95. The first kappa shape index (κ1) is 12.5. The van der Waals surface area contributed by atoms with E-state index in [1.54, 1.807) is 0 Å². The van der Waals surface area contributed by atoms with Gasteiger partial charge in [-0.2, -0.15) is 0 Å². The van der Waals surface area contributed by atoms with Crippen LogP contribution in [0.15, 0.2) is 12.1 Å². The van der Waals surface area contributed by atoms with Crippen molar-refractivity contribution < 1.29 is 13.2 Å². The van der Waals surface area contributed by atoms with E-state index in [9.17, 15) is 13.2 Å². The molecule has 100 valence electrons. The Kier molecular flexibility index (Phi) is 2.97. The third kappa shape index (κ3) is 2.20. The van der Waals surface area contributed by atoms with Crippen molar-refractivity contribution in [2.75, 3.05) is 5.73 Å². The molecule has 0 amide bonds. The van der Waals surface area contributed by atoms with Crippen molar-refractivity contribution in [2.24, 2.45) is 0 Å². The van der Waals surface area contributed by atoms with Crippen LogP contribution < -0.4 is 5.73 Å². The highest BCUT2D eigenvalue weighted by molar-refractivity contribution is 7.15. The second kappa shape index (κ2) is 4.52. The molecule has 0 saturated heterocycles. The van der Waals surface area contributed by atoms with E-state index in [2.05, 4.69) is 4.98 Å². The smallest absolute Gasteiger partial charge is 0.180 e. The van der Waals surface area contributed by atoms with Gasteiger partial charge in [0.25, 0.3) is 0 Å². The summed E-state index contributed by atoms with van der Waals surface area (Å²) in [7, 11) is 0. The largest absolute Gasteiger partial charge is 0.375 e. The minimum atomic E-state index is -1.15. The van der Waals surface area contributed by atoms with E-state index < -0.39 is 17.5 Å². The number of anilines is 1. The van der Waals surface area contributed by atoms with Crippen LogP contribution in [-0.2, 0) is 12.8 Å². The summed E-state index contributed by atoms with van der Waals surface area (Å²) in [4.78, 5) is 5.21. The first-order chi connectivity index (χ1) is 9.04. The maximum Gasteiger partial charge on any atom is 0.180 e. The van der Waals surface area contributed by atoms with E-state index in [1.807, 2.05) is 0 Å². The molecule has 1 atom stereocenters. The predicted molar refractivity (Wildman–Crippen MR) is 67.6 cm³/mol. The summed E-state index contributed by atoms with van der Waals surface area (Å²) in [5.74, 6) is -3.00. The standard InChI is InChI=1S/C13H11F3N2S/c14-8-5-10(16)9(15)4-7(8)6-1-2-11-12(3-6)19-13(17)18-11/h4-6H,1-3H2,(H2,17,18). The zero-order valence-corrected chi connectivity index (χ0v) is 10.7. The molecule has 6 heteroatoms. The molecule has 2 aromatic rings. The fourth-order valence-corrected chi connectivity index (χ4v) is 3.47. The van der Waals surface area contributed by atoms with Crippen LogP contribution >= 0.6 is 11.3 Å². The zero-order chi connectivity index (χ0) is 13.6. The molecular formula is C13H11F3N2S. The Bertz CT molecular complexity index is 639. The number of hydrogen-bond acceptors (Lipinski definition) is 3. The van der Waals surface area contributed by atoms with Gasteiger partial charge in [-0.25, -0.2) is 18.2 Å². The van der Waals surface area contributed by atoms with Crippen LogP contribution in [0, 0.1) is 17.5 Å². The Morgan fingerprint density at radius 2 is 1.89 bits per heavy atom. The van der Waals surface area contributed by atoms with Gasteiger partial charge in [-0.05, 0) is 36.8 Å². The van der Waals surface area contributed by atoms with Gasteiger partial charge in [0.1, 0.15) is 5.82 Å². The molecule has 1 aliphatic rings. The number of fused-ring (bicyclic) bond motifs is 1. The van der Waals surface area contributed by atoms with Gasteiger partial charge in [-0.3, -0.25) is 0 Å². The molecular weight excluding hydrogens is 273 g/mol. The molecule has 1 aromatic heterocycles. The number of nitrogen functional groups attached to an aromatic ring is 1. The van der Waals surface area contributed by atoms with E-state index in [1.165, 1.54) is 11.3 Å². The topological polar surface area (TPSA) is 38.9 Å². The summed E-state index contributed by atoms with van der Waals surface area (Å²) in [5, 5.41) is 0.497. The summed E-state index contributed by atoms with van der Waals surface area (Å²) in [6.07, 6.45) is 1.93. The van der Waals surface area contributed by atoms with E-state index in [4.69, 9.17) is 5.73 Å². The molecule has 1 unspecified atom stereocenters. The number of halogens is 3. The fourth-order valence-electron chi connectivity index (χ4n) is 2.51. The number of nitrogens with two attached hydrogens (primary N) is 1. The number of aryl methyl sites for hydroxylation is 1. The number of hydrogen-bond donors (Lipinski definition) is 1. The Hall–Kier alpha value is -1.56. The summed E-state index contributed by atoms with van der Waals surface area (Å²) >= 11 is 1.38. The third-order valence-corrected chi connectivity index (χ3v) is 4.38. The lowest BCUT2D eigenvalue weighted by Gasteiger charge is -2.22. The fraction of sp³-hybridized carbons (Fsp3) is 0.308. The maximum absolute atomic E-state index is 13.8. The van der Waals surface area contributed by atoms with E-state index >= 15 is 0 Å². The van der Waals surface area contributed by atoms with E-state index in [0.29, 0.717) is 30.5 Å². The van der Waals surface area contributed by atoms with Crippen LogP contribution in [0.25, 0.3) is 0 Å². The number of benzene rings is 1. The van der Waals surface area contributed by atoms with Gasteiger partial charge in [0.15, 0.2) is 16.8 Å². The molecule has 3 rings (SSSR count). The highest BCUT2D eigenvalue weighted by Gasteiger charge is 2.26. The highest BCUT2D eigenvalue weighted by Crippen LogP contribution is 2.37. The molecule has 2 N–H and O–H groups in total. The van der Waals surface area contributed by atoms with Crippen LogP contribution in [0.3, 0.4) is 0 Å². The number of aromatic nitrogens is 1. The van der Waals surface area contributed by atoms with Crippen molar-refractivity contribution in [2.45, 2.75) is 25.2 Å². The quantitative estimate of drug-likeness (QED) is 0.815. The molecule has 1 aromatic carbocycles. The van der Waals surface area contributed by atoms with Gasteiger partial charge in [0.2, 0.25) is 0 Å². The number of nitrogens with zero attached hydrogens (tertiary/aromatic N) is 1. The normalized spacial score (nSPS) is 18.4. The molecule has 0 aliphatic heterocycles. The molecule has 0 saturated carbocycles. The minimum Gasteiger partial charge on any atom is -0.375 e. The Labute approximate surface area is 112 Å². The van der Waals surface area contributed by atoms with Gasteiger partial charge >= 0.3 is 0 Å². The van der Waals surface area contributed by atoms with Gasteiger partial charge in [-0.1, -0.05) is 0 Å². The Morgan fingerprint density at radius 3 is 2.68 bits per heavy atom. The van der Waals surface area contributed by atoms with Crippen molar-refractivity contribution in [1.29, 1.82) is 0 Å². The van der Waals surface area contributed by atoms with Gasteiger partial charge < -0.3 is 5.73 Å². The van der Waals surface area contributed by atoms with E-state index in [0.717, 1.165) is 16.6 Å². The van der Waals surface area contributed by atoms with E-state index in [-0.39, 0.29) is 11.5 Å². The first-order valence-electron chi connectivity index (χ1n) is 5.93. The summed E-state index contributed by atoms with van der Waals surface area (Å²) in [6.45, 7) is 0. The SMILES string of the molecule is Nc1nc2c(s1)CC(c1cc(F)c(F)cc1F)CC2. The highest BCUT2D eigenvalue weighted by atomic mass is 32.1. The van der Waals surface area contributed by atoms with Crippen LogP contribution in [-0.4, -0.2) is 4.98 Å². The lowest BCUT2D eigenvalue weighted by molar-refractivity contribution is 0.475. The molecule has 2 nitrogen and oxygen atoms in total. The maximum atomic E-state index is 13.8.